The van der Waals surface area contributed by atoms with Gasteiger partial charge in [0.2, 0.25) is 5.78 Å². The summed E-state index contributed by atoms with van der Waals surface area (Å²) in [6.45, 7) is 2.65. The van der Waals surface area contributed by atoms with Crippen LogP contribution in [0.3, 0.4) is 0 Å². The van der Waals surface area contributed by atoms with Crippen LogP contribution in [0.1, 0.15) is 34.6 Å². The van der Waals surface area contributed by atoms with Crippen molar-refractivity contribution in [2.24, 2.45) is 5.92 Å². The van der Waals surface area contributed by atoms with Crippen LogP contribution < -0.4 is 10.1 Å². The number of carbonyl (C=O) groups is 3. The molecule has 0 heterocycles. The molecular weight excluding hydrogens is 384 g/mol. The molecule has 0 aliphatic heterocycles. The van der Waals surface area contributed by atoms with E-state index in [4.69, 9.17) is 9.47 Å². The number of rotatable bonds is 8. The van der Waals surface area contributed by atoms with Gasteiger partial charge in [0.25, 0.3) is 5.91 Å². The topological polar surface area (TPSA) is 81.7 Å². The first kappa shape index (κ1) is 22.0. The summed E-state index contributed by atoms with van der Waals surface area (Å²) in [6.07, 6.45) is 0. The van der Waals surface area contributed by atoms with Crippen LogP contribution in [0.25, 0.3) is 0 Å². The Hall–Kier alpha value is -3.29. The van der Waals surface area contributed by atoms with Gasteiger partial charge in [-0.05, 0) is 36.2 Å². The molecule has 6 nitrogen and oxygen atoms in total. The maximum Gasteiger partial charge on any atom is 0.329 e. The zero-order valence-electron chi connectivity index (χ0n) is 16.2. The van der Waals surface area contributed by atoms with E-state index in [2.05, 4.69) is 5.32 Å². The predicted octanol–water partition coefficient (Wildman–Crippen LogP) is 3.15. The Morgan fingerprint density at radius 1 is 1.03 bits per heavy atom. The van der Waals surface area contributed by atoms with Gasteiger partial charge >= 0.3 is 5.97 Å². The van der Waals surface area contributed by atoms with Crippen molar-refractivity contribution in [1.82, 2.24) is 5.32 Å². The van der Waals surface area contributed by atoms with Gasteiger partial charge in [0.15, 0.2) is 6.61 Å². The summed E-state index contributed by atoms with van der Waals surface area (Å²) < 4.78 is 37.2. The monoisotopic (exact) mass is 405 g/mol. The first-order valence-electron chi connectivity index (χ1n) is 8.83. The molecule has 2 rings (SSSR count). The number of esters is 1. The molecule has 154 valence electrons. The smallest absolute Gasteiger partial charge is 0.329 e. The largest absolute Gasteiger partial charge is 0.496 e. The number of amides is 1. The van der Waals surface area contributed by atoms with E-state index in [1.807, 2.05) is 0 Å². The van der Waals surface area contributed by atoms with Crippen molar-refractivity contribution < 1.29 is 32.6 Å². The van der Waals surface area contributed by atoms with E-state index in [-0.39, 0.29) is 16.9 Å². The van der Waals surface area contributed by atoms with Gasteiger partial charge in [-0.1, -0.05) is 26.0 Å². The van der Waals surface area contributed by atoms with Crippen molar-refractivity contribution in [3.63, 3.8) is 0 Å². The Balaban J connectivity index is 2.07. The van der Waals surface area contributed by atoms with E-state index < -0.39 is 47.9 Å². The van der Waals surface area contributed by atoms with Gasteiger partial charge in [0.05, 0.1) is 18.2 Å². The lowest BCUT2D eigenvalue weighted by Crippen LogP contribution is -2.46. The number of halogens is 2. The fourth-order valence-corrected chi connectivity index (χ4v) is 2.56. The molecule has 0 spiro atoms. The lowest BCUT2D eigenvalue weighted by Gasteiger charge is -2.21. The average molecular weight is 405 g/mol. The van der Waals surface area contributed by atoms with E-state index in [0.717, 1.165) is 18.2 Å². The Labute approximate surface area is 166 Å². The Kier molecular flexibility index (Phi) is 7.41. The van der Waals surface area contributed by atoms with Gasteiger partial charge in [-0.2, -0.15) is 0 Å². The van der Waals surface area contributed by atoms with Crippen molar-refractivity contribution in [2.75, 3.05) is 13.7 Å². The molecular formula is C21H21F2NO5. The normalized spacial score (nSPS) is 11.7. The molecule has 0 aliphatic carbocycles. The van der Waals surface area contributed by atoms with Gasteiger partial charge < -0.3 is 14.8 Å². The molecule has 2 aromatic carbocycles. The zero-order chi connectivity index (χ0) is 21.6. The van der Waals surface area contributed by atoms with Crippen LogP contribution in [0.2, 0.25) is 0 Å². The minimum absolute atomic E-state index is 0.0724. The molecule has 0 saturated heterocycles. The Morgan fingerprint density at radius 2 is 1.72 bits per heavy atom. The molecule has 1 amide bonds. The zero-order valence-corrected chi connectivity index (χ0v) is 16.2. The summed E-state index contributed by atoms with van der Waals surface area (Å²) in [4.78, 5) is 37.0. The van der Waals surface area contributed by atoms with Gasteiger partial charge in [0.1, 0.15) is 23.4 Å². The van der Waals surface area contributed by atoms with Crippen molar-refractivity contribution in [3.8, 4) is 5.75 Å². The third kappa shape index (κ3) is 5.60. The molecule has 1 N–H and O–H groups in total. The molecule has 2 aromatic rings. The number of hydrogen-bond donors (Lipinski definition) is 1. The summed E-state index contributed by atoms with van der Waals surface area (Å²) in [7, 11) is 1.32. The van der Waals surface area contributed by atoms with Crippen LogP contribution in [0.5, 0.6) is 5.75 Å². The number of methoxy groups -OCH3 is 1. The summed E-state index contributed by atoms with van der Waals surface area (Å²) in [5.41, 5.74) is -0.289. The van der Waals surface area contributed by atoms with Gasteiger partial charge in [-0.25, -0.2) is 13.6 Å². The molecule has 8 heteroatoms. The van der Waals surface area contributed by atoms with Gasteiger partial charge in [0, 0.05) is 0 Å². The highest BCUT2D eigenvalue weighted by Gasteiger charge is 2.28. The quantitative estimate of drug-likeness (QED) is 0.539. The van der Waals surface area contributed by atoms with E-state index in [1.54, 1.807) is 13.8 Å². The summed E-state index contributed by atoms with van der Waals surface area (Å²) in [5, 5.41) is 2.42. The second kappa shape index (κ2) is 9.77. The second-order valence-corrected chi connectivity index (χ2v) is 6.55. The molecule has 1 atom stereocenters. The predicted molar refractivity (Wildman–Crippen MR) is 101 cm³/mol. The number of Topliss-reactive ketones (excluding diaryl/α,β-unsaturated/α-hetero) is 1. The lowest BCUT2D eigenvalue weighted by atomic mass is 10.0. The van der Waals surface area contributed by atoms with Crippen LogP contribution in [0.15, 0.2) is 42.5 Å². The molecule has 29 heavy (non-hydrogen) atoms. The van der Waals surface area contributed by atoms with Crippen molar-refractivity contribution >= 4 is 17.7 Å². The Morgan fingerprint density at radius 3 is 2.34 bits per heavy atom. The average Bonchev–Trinajstić information content (AvgIpc) is 2.69. The SMILES string of the molecule is COc1ccc(F)cc1C(=O)COC(=O)[C@H](NC(=O)c1ccccc1F)C(C)C. The first-order chi connectivity index (χ1) is 13.7. The number of nitrogens with one attached hydrogen (secondary N) is 1. The number of ether oxygens (including phenoxy) is 2. The molecule has 0 aromatic heterocycles. The molecule has 0 fully saturated rings. The first-order valence-corrected chi connectivity index (χ1v) is 8.83. The fraction of sp³-hybridized carbons (Fsp3) is 0.286. The molecule has 0 saturated carbocycles. The highest BCUT2D eigenvalue weighted by molar-refractivity contribution is 6.01. The van der Waals surface area contributed by atoms with Crippen LogP contribution in [0.4, 0.5) is 8.78 Å². The lowest BCUT2D eigenvalue weighted by molar-refractivity contribution is -0.145. The maximum atomic E-state index is 13.8. The fourth-order valence-electron chi connectivity index (χ4n) is 2.56. The standard InChI is InChI=1S/C21H21F2NO5/c1-12(2)19(24-20(26)14-6-4-5-7-16(14)23)21(27)29-11-17(25)15-10-13(22)8-9-18(15)28-3/h4-10,12,19H,11H2,1-3H3,(H,24,26)/t19-/m1/s1. The molecule has 0 radical (unpaired) electrons. The van der Waals surface area contributed by atoms with E-state index in [1.165, 1.54) is 31.4 Å². The van der Waals surface area contributed by atoms with Crippen LogP contribution in [0, 0.1) is 17.6 Å². The van der Waals surface area contributed by atoms with Gasteiger partial charge in [-0.3, -0.25) is 9.59 Å². The third-order valence-corrected chi connectivity index (χ3v) is 4.13. The summed E-state index contributed by atoms with van der Waals surface area (Å²) in [5.74, 6) is -3.94. The number of ketones is 1. The molecule has 0 aliphatic rings. The number of benzene rings is 2. The minimum atomic E-state index is -1.11. The Bertz CT molecular complexity index is 914. The minimum Gasteiger partial charge on any atom is -0.496 e. The highest BCUT2D eigenvalue weighted by atomic mass is 19.1. The maximum absolute atomic E-state index is 13.8. The second-order valence-electron chi connectivity index (χ2n) is 6.55. The van der Waals surface area contributed by atoms with Crippen LogP contribution in [-0.4, -0.2) is 37.4 Å². The highest BCUT2D eigenvalue weighted by Crippen LogP contribution is 2.20. The molecule has 0 unspecified atom stereocenters. The number of hydrogen-bond acceptors (Lipinski definition) is 5. The third-order valence-electron chi connectivity index (χ3n) is 4.13. The van der Waals surface area contributed by atoms with E-state index >= 15 is 0 Å². The van der Waals surface area contributed by atoms with Crippen LogP contribution >= 0.6 is 0 Å². The number of carbonyl (C=O) groups excluding carboxylic acids is 3. The van der Waals surface area contributed by atoms with E-state index in [9.17, 15) is 23.2 Å². The van der Waals surface area contributed by atoms with Crippen molar-refractivity contribution in [1.29, 1.82) is 0 Å². The molecule has 0 bridgehead atoms. The van der Waals surface area contributed by atoms with Crippen LogP contribution in [-0.2, 0) is 9.53 Å². The van der Waals surface area contributed by atoms with E-state index in [0.29, 0.717) is 0 Å². The summed E-state index contributed by atoms with van der Waals surface area (Å²) >= 11 is 0. The van der Waals surface area contributed by atoms with Crippen molar-refractivity contribution in [2.45, 2.75) is 19.9 Å². The van der Waals surface area contributed by atoms with Crippen molar-refractivity contribution in [3.05, 3.63) is 65.2 Å². The summed E-state index contributed by atoms with van der Waals surface area (Å²) in [6, 6.07) is 7.64. The van der Waals surface area contributed by atoms with Gasteiger partial charge in [-0.15, -0.1) is 0 Å².